The maximum atomic E-state index is 13.1. The Balaban J connectivity index is 1.78. The van der Waals surface area contributed by atoms with Crippen molar-refractivity contribution in [3.05, 3.63) is 53.2 Å². The predicted molar refractivity (Wildman–Crippen MR) is 90.8 cm³/mol. The van der Waals surface area contributed by atoms with Crippen molar-refractivity contribution in [2.24, 2.45) is 5.92 Å². The van der Waals surface area contributed by atoms with Crippen molar-refractivity contribution >= 4 is 16.7 Å². The zero-order valence-electron chi connectivity index (χ0n) is 13.6. The standard InChI is InChI=1S/C19H21N3O/c1-3-22-16-7-5-4-6-14(16)18-17(22)9-8-13(19(18)23)10-15-12(2)20-11-21-15/h4-7,11,13H,3,8-10H2,1-2H3,(H,20,21). The average Bonchev–Trinajstić information content (AvgIpc) is 3.11. The van der Waals surface area contributed by atoms with Crippen molar-refractivity contribution in [3.8, 4) is 0 Å². The predicted octanol–water partition coefficient (Wildman–Crippen LogP) is 3.68. The molecule has 2 aromatic heterocycles. The van der Waals surface area contributed by atoms with Crippen LogP contribution in [0.25, 0.3) is 10.9 Å². The molecule has 0 fully saturated rings. The number of aryl methyl sites for hydroxylation is 2. The topological polar surface area (TPSA) is 50.7 Å². The number of fused-ring (bicyclic) bond motifs is 3. The van der Waals surface area contributed by atoms with E-state index in [1.807, 2.05) is 13.0 Å². The lowest BCUT2D eigenvalue weighted by Gasteiger charge is -2.22. The van der Waals surface area contributed by atoms with Gasteiger partial charge in [0.25, 0.3) is 0 Å². The largest absolute Gasteiger partial charge is 0.348 e. The summed E-state index contributed by atoms with van der Waals surface area (Å²) < 4.78 is 2.30. The van der Waals surface area contributed by atoms with Crippen LogP contribution in [0.2, 0.25) is 0 Å². The highest BCUT2D eigenvalue weighted by atomic mass is 16.1. The van der Waals surface area contributed by atoms with Gasteiger partial charge in [-0.1, -0.05) is 18.2 Å². The van der Waals surface area contributed by atoms with Gasteiger partial charge in [-0.05, 0) is 32.8 Å². The lowest BCUT2D eigenvalue weighted by molar-refractivity contribution is 0.0901. The molecule has 4 heteroatoms. The minimum absolute atomic E-state index is 0.0422. The van der Waals surface area contributed by atoms with Crippen LogP contribution in [-0.2, 0) is 19.4 Å². The fraction of sp³-hybridized carbons (Fsp3) is 0.368. The van der Waals surface area contributed by atoms with Crippen LogP contribution in [0, 0.1) is 12.8 Å². The SMILES string of the molecule is CCn1c2c(c3ccccc31)C(=O)C(Cc1nc[nH]c1C)CC2. The first-order valence-corrected chi connectivity index (χ1v) is 8.33. The van der Waals surface area contributed by atoms with E-state index in [0.29, 0.717) is 0 Å². The van der Waals surface area contributed by atoms with E-state index in [-0.39, 0.29) is 11.7 Å². The summed E-state index contributed by atoms with van der Waals surface area (Å²) in [6.45, 7) is 5.08. The molecule has 4 rings (SSSR count). The van der Waals surface area contributed by atoms with Crippen LogP contribution in [0.4, 0.5) is 0 Å². The summed E-state index contributed by atoms with van der Waals surface area (Å²) in [5.41, 5.74) is 5.44. The first kappa shape index (κ1) is 14.2. The third-order valence-corrected chi connectivity index (χ3v) is 5.12. The highest BCUT2D eigenvalue weighted by Crippen LogP contribution is 2.35. The van der Waals surface area contributed by atoms with Gasteiger partial charge in [0.1, 0.15) is 0 Å². The Kier molecular flexibility index (Phi) is 3.33. The summed E-state index contributed by atoms with van der Waals surface area (Å²) in [6, 6.07) is 8.28. The molecule has 118 valence electrons. The van der Waals surface area contributed by atoms with E-state index in [4.69, 9.17) is 0 Å². The Morgan fingerprint density at radius 2 is 2.17 bits per heavy atom. The lowest BCUT2D eigenvalue weighted by Crippen LogP contribution is -2.25. The van der Waals surface area contributed by atoms with E-state index in [9.17, 15) is 4.79 Å². The number of aromatic amines is 1. The number of ketones is 1. The molecule has 1 unspecified atom stereocenters. The Labute approximate surface area is 135 Å². The molecule has 0 aliphatic heterocycles. The number of H-pyrrole nitrogens is 1. The second-order valence-electron chi connectivity index (χ2n) is 6.36. The number of nitrogens with one attached hydrogen (secondary N) is 1. The number of imidazole rings is 1. The van der Waals surface area contributed by atoms with Gasteiger partial charge in [0.15, 0.2) is 5.78 Å². The first-order chi connectivity index (χ1) is 11.2. The van der Waals surface area contributed by atoms with Gasteiger partial charge < -0.3 is 9.55 Å². The summed E-state index contributed by atoms with van der Waals surface area (Å²) in [4.78, 5) is 20.6. The van der Waals surface area contributed by atoms with Crippen molar-refractivity contribution in [2.75, 3.05) is 0 Å². The van der Waals surface area contributed by atoms with Crippen molar-refractivity contribution in [2.45, 2.75) is 39.7 Å². The zero-order valence-corrected chi connectivity index (χ0v) is 13.6. The third kappa shape index (κ3) is 2.12. The lowest BCUT2D eigenvalue weighted by atomic mass is 9.82. The Morgan fingerprint density at radius 1 is 1.35 bits per heavy atom. The Morgan fingerprint density at radius 3 is 2.91 bits per heavy atom. The van der Waals surface area contributed by atoms with E-state index >= 15 is 0 Å². The molecule has 4 nitrogen and oxygen atoms in total. The number of hydrogen-bond donors (Lipinski definition) is 1. The highest BCUT2D eigenvalue weighted by molar-refractivity contribution is 6.11. The van der Waals surface area contributed by atoms with Crippen LogP contribution in [-0.4, -0.2) is 20.3 Å². The molecule has 23 heavy (non-hydrogen) atoms. The van der Waals surface area contributed by atoms with E-state index in [1.54, 1.807) is 6.33 Å². The number of Topliss-reactive ketones (excluding diaryl/α,β-unsaturated/α-hetero) is 1. The van der Waals surface area contributed by atoms with Crippen molar-refractivity contribution < 1.29 is 4.79 Å². The third-order valence-electron chi connectivity index (χ3n) is 5.12. The molecule has 1 aliphatic carbocycles. The quantitative estimate of drug-likeness (QED) is 0.802. The van der Waals surface area contributed by atoms with Crippen LogP contribution < -0.4 is 0 Å². The number of benzene rings is 1. The Hall–Kier alpha value is -2.36. The molecule has 0 saturated heterocycles. The second kappa shape index (κ2) is 5.37. The first-order valence-electron chi connectivity index (χ1n) is 8.33. The van der Waals surface area contributed by atoms with E-state index in [1.165, 1.54) is 11.2 Å². The van der Waals surface area contributed by atoms with E-state index in [2.05, 4.69) is 39.7 Å². The van der Waals surface area contributed by atoms with Crippen LogP contribution in [0.15, 0.2) is 30.6 Å². The van der Waals surface area contributed by atoms with E-state index < -0.39 is 0 Å². The molecule has 3 aromatic rings. The van der Waals surface area contributed by atoms with Gasteiger partial charge >= 0.3 is 0 Å². The fourth-order valence-electron chi connectivity index (χ4n) is 3.92. The molecule has 1 N–H and O–H groups in total. The molecular weight excluding hydrogens is 286 g/mol. The molecule has 0 amide bonds. The monoisotopic (exact) mass is 307 g/mol. The van der Waals surface area contributed by atoms with Gasteiger partial charge in [-0.3, -0.25) is 4.79 Å². The number of para-hydroxylation sites is 1. The molecule has 0 spiro atoms. The van der Waals surface area contributed by atoms with Gasteiger partial charge in [0.2, 0.25) is 0 Å². The number of carbonyl (C=O) groups excluding carboxylic acids is 1. The summed E-state index contributed by atoms with van der Waals surface area (Å²) in [6.07, 6.45) is 4.33. The summed E-state index contributed by atoms with van der Waals surface area (Å²) in [7, 11) is 0. The fourth-order valence-corrected chi connectivity index (χ4v) is 3.92. The molecule has 2 heterocycles. The summed E-state index contributed by atoms with van der Waals surface area (Å²) in [5.74, 6) is 0.331. The molecule has 1 aliphatic rings. The van der Waals surface area contributed by atoms with Crippen molar-refractivity contribution in [1.82, 2.24) is 14.5 Å². The number of carbonyl (C=O) groups is 1. The molecular formula is C19H21N3O. The molecule has 0 bridgehead atoms. The van der Waals surface area contributed by atoms with Gasteiger partial charge in [-0.2, -0.15) is 0 Å². The normalized spacial score (nSPS) is 17.7. The Bertz CT molecular complexity index is 887. The van der Waals surface area contributed by atoms with Crippen LogP contribution in [0.5, 0.6) is 0 Å². The number of aromatic nitrogens is 3. The molecule has 1 atom stereocenters. The van der Waals surface area contributed by atoms with Crippen molar-refractivity contribution in [3.63, 3.8) is 0 Å². The average molecular weight is 307 g/mol. The molecule has 1 aromatic carbocycles. The van der Waals surface area contributed by atoms with Crippen molar-refractivity contribution in [1.29, 1.82) is 0 Å². The number of rotatable bonds is 3. The smallest absolute Gasteiger partial charge is 0.168 e. The van der Waals surface area contributed by atoms with Gasteiger partial charge in [-0.25, -0.2) is 4.98 Å². The molecule has 0 radical (unpaired) electrons. The number of hydrogen-bond acceptors (Lipinski definition) is 2. The van der Waals surface area contributed by atoms with Gasteiger partial charge in [0, 0.05) is 46.7 Å². The number of nitrogens with zero attached hydrogens (tertiary/aromatic N) is 2. The zero-order chi connectivity index (χ0) is 16.0. The van der Waals surface area contributed by atoms with Crippen LogP contribution in [0.3, 0.4) is 0 Å². The summed E-state index contributed by atoms with van der Waals surface area (Å²) in [5, 5.41) is 1.11. The van der Waals surface area contributed by atoms with Gasteiger partial charge in [0.05, 0.1) is 12.0 Å². The van der Waals surface area contributed by atoms with Gasteiger partial charge in [-0.15, -0.1) is 0 Å². The maximum absolute atomic E-state index is 13.1. The minimum Gasteiger partial charge on any atom is -0.348 e. The maximum Gasteiger partial charge on any atom is 0.168 e. The van der Waals surface area contributed by atoms with E-state index in [0.717, 1.165) is 48.1 Å². The summed E-state index contributed by atoms with van der Waals surface area (Å²) >= 11 is 0. The second-order valence-corrected chi connectivity index (χ2v) is 6.36. The molecule has 0 saturated carbocycles. The highest BCUT2D eigenvalue weighted by Gasteiger charge is 2.32. The van der Waals surface area contributed by atoms with Crippen LogP contribution in [0.1, 0.15) is 40.8 Å². The van der Waals surface area contributed by atoms with Crippen LogP contribution >= 0.6 is 0 Å². The minimum atomic E-state index is 0.0422.